The zero-order chi connectivity index (χ0) is 11.5. The molecule has 0 amide bonds. The summed E-state index contributed by atoms with van der Waals surface area (Å²) in [5.74, 6) is 0.634. The summed E-state index contributed by atoms with van der Waals surface area (Å²) < 4.78 is 0. The molecule has 1 nitrogen and oxygen atoms in total. The molecule has 0 saturated carbocycles. The molecule has 0 fully saturated rings. The third kappa shape index (κ3) is 2.30. The van der Waals surface area contributed by atoms with Gasteiger partial charge in [-0.25, -0.2) is 0 Å². The number of fused-ring (bicyclic) bond motifs is 1. The van der Waals surface area contributed by atoms with Gasteiger partial charge >= 0.3 is 0 Å². The summed E-state index contributed by atoms with van der Waals surface area (Å²) in [4.78, 5) is 0. The molecule has 1 aliphatic carbocycles. The Morgan fingerprint density at radius 3 is 2.88 bits per heavy atom. The average Bonchev–Trinajstić information content (AvgIpc) is 2.29. The van der Waals surface area contributed by atoms with Crippen LogP contribution in [0.3, 0.4) is 0 Å². The van der Waals surface area contributed by atoms with Crippen LogP contribution < -0.4 is 5.32 Å². The number of aryl methyl sites for hydroxylation is 1. The maximum absolute atomic E-state index is 3.61. The highest BCUT2D eigenvalue weighted by atomic mass is 14.9. The van der Waals surface area contributed by atoms with Gasteiger partial charge in [0.05, 0.1) is 0 Å². The van der Waals surface area contributed by atoms with Gasteiger partial charge in [-0.2, -0.15) is 0 Å². The number of hydrogen-bond acceptors (Lipinski definition) is 1. The first-order valence-corrected chi connectivity index (χ1v) is 6.58. The first kappa shape index (κ1) is 11.7. The summed E-state index contributed by atoms with van der Waals surface area (Å²) in [7, 11) is 0. The molecule has 0 heterocycles. The first-order valence-electron chi connectivity index (χ1n) is 6.58. The standard InChI is InChI=1S/C15H23N/c1-4-16-15-7-5-6-12-8-9-13(11(2)3)10-14(12)15/h8-11,15-16H,4-7H2,1-3H3. The van der Waals surface area contributed by atoms with Crippen molar-refractivity contribution < 1.29 is 0 Å². The van der Waals surface area contributed by atoms with E-state index in [1.54, 1.807) is 11.1 Å². The highest BCUT2D eigenvalue weighted by Crippen LogP contribution is 2.31. The third-order valence-electron chi connectivity index (χ3n) is 3.60. The van der Waals surface area contributed by atoms with Crippen molar-refractivity contribution >= 4 is 0 Å². The van der Waals surface area contributed by atoms with Crippen molar-refractivity contribution in [2.24, 2.45) is 0 Å². The van der Waals surface area contributed by atoms with Gasteiger partial charge in [0, 0.05) is 6.04 Å². The second kappa shape index (κ2) is 5.01. The van der Waals surface area contributed by atoms with Crippen LogP contribution in [0.25, 0.3) is 0 Å². The van der Waals surface area contributed by atoms with Crippen molar-refractivity contribution in [3.05, 3.63) is 34.9 Å². The number of rotatable bonds is 3. The summed E-state index contributed by atoms with van der Waals surface area (Å²) in [6.45, 7) is 7.80. The Balaban J connectivity index is 2.32. The minimum Gasteiger partial charge on any atom is -0.310 e. The van der Waals surface area contributed by atoms with Gasteiger partial charge in [-0.05, 0) is 48.4 Å². The van der Waals surface area contributed by atoms with Crippen LogP contribution in [-0.2, 0) is 6.42 Å². The van der Waals surface area contributed by atoms with Crippen LogP contribution in [0.4, 0.5) is 0 Å². The molecule has 0 bridgehead atoms. The lowest BCUT2D eigenvalue weighted by Crippen LogP contribution is -2.25. The minimum absolute atomic E-state index is 0.590. The zero-order valence-electron chi connectivity index (χ0n) is 10.7. The molecule has 16 heavy (non-hydrogen) atoms. The molecular weight excluding hydrogens is 194 g/mol. The van der Waals surface area contributed by atoms with Gasteiger partial charge in [0.15, 0.2) is 0 Å². The summed E-state index contributed by atoms with van der Waals surface area (Å²) in [6, 6.07) is 7.66. The summed E-state index contributed by atoms with van der Waals surface area (Å²) in [5.41, 5.74) is 4.59. The molecule has 1 aliphatic rings. The SMILES string of the molecule is CCNC1CCCc2ccc(C(C)C)cc21. The minimum atomic E-state index is 0.590. The van der Waals surface area contributed by atoms with Gasteiger partial charge < -0.3 is 5.32 Å². The monoisotopic (exact) mass is 217 g/mol. The van der Waals surface area contributed by atoms with Crippen LogP contribution in [-0.4, -0.2) is 6.54 Å². The van der Waals surface area contributed by atoms with Crippen LogP contribution in [0, 0.1) is 0 Å². The molecule has 1 aromatic carbocycles. The molecule has 0 aromatic heterocycles. The van der Waals surface area contributed by atoms with E-state index in [1.807, 2.05) is 0 Å². The molecule has 1 N–H and O–H groups in total. The van der Waals surface area contributed by atoms with E-state index >= 15 is 0 Å². The van der Waals surface area contributed by atoms with E-state index in [4.69, 9.17) is 0 Å². The van der Waals surface area contributed by atoms with Crippen LogP contribution in [0.15, 0.2) is 18.2 Å². The number of benzene rings is 1. The van der Waals surface area contributed by atoms with Gasteiger partial charge in [0.1, 0.15) is 0 Å². The summed E-state index contributed by atoms with van der Waals surface area (Å²) in [5, 5.41) is 3.61. The van der Waals surface area contributed by atoms with Crippen molar-refractivity contribution in [3.63, 3.8) is 0 Å². The van der Waals surface area contributed by atoms with Crippen molar-refractivity contribution in [2.45, 2.75) is 52.0 Å². The first-order chi connectivity index (χ1) is 7.72. The molecule has 0 spiro atoms. The maximum atomic E-state index is 3.61. The lowest BCUT2D eigenvalue weighted by Gasteiger charge is -2.27. The fraction of sp³-hybridized carbons (Fsp3) is 0.600. The largest absolute Gasteiger partial charge is 0.310 e. The molecule has 0 radical (unpaired) electrons. The molecule has 88 valence electrons. The fourth-order valence-electron chi connectivity index (χ4n) is 2.64. The van der Waals surface area contributed by atoms with Crippen molar-refractivity contribution in [2.75, 3.05) is 6.54 Å². The van der Waals surface area contributed by atoms with E-state index in [2.05, 4.69) is 44.3 Å². The van der Waals surface area contributed by atoms with Gasteiger partial charge in [-0.3, -0.25) is 0 Å². The van der Waals surface area contributed by atoms with E-state index in [9.17, 15) is 0 Å². The van der Waals surface area contributed by atoms with Crippen LogP contribution >= 0.6 is 0 Å². The molecular formula is C15H23N. The fourth-order valence-corrected chi connectivity index (χ4v) is 2.64. The predicted molar refractivity (Wildman–Crippen MR) is 69.9 cm³/mol. The molecule has 1 unspecified atom stereocenters. The van der Waals surface area contributed by atoms with Gasteiger partial charge in [0.25, 0.3) is 0 Å². The maximum Gasteiger partial charge on any atom is 0.0323 e. The van der Waals surface area contributed by atoms with Gasteiger partial charge in [0.2, 0.25) is 0 Å². The smallest absolute Gasteiger partial charge is 0.0323 e. The lowest BCUT2D eigenvalue weighted by molar-refractivity contribution is 0.471. The Labute approximate surface area is 99.3 Å². The topological polar surface area (TPSA) is 12.0 Å². The van der Waals surface area contributed by atoms with Crippen molar-refractivity contribution in [1.29, 1.82) is 0 Å². The second-order valence-corrected chi connectivity index (χ2v) is 5.12. The van der Waals surface area contributed by atoms with Gasteiger partial charge in [-0.1, -0.05) is 39.0 Å². The van der Waals surface area contributed by atoms with E-state index in [-0.39, 0.29) is 0 Å². The van der Waals surface area contributed by atoms with Crippen LogP contribution in [0.1, 0.15) is 62.3 Å². The Morgan fingerprint density at radius 2 is 2.19 bits per heavy atom. The second-order valence-electron chi connectivity index (χ2n) is 5.12. The summed E-state index contributed by atoms with van der Waals surface area (Å²) in [6.07, 6.45) is 3.88. The Morgan fingerprint density at radius 1 is 1.38 bits per heavy atom. The lowest BCUT2D eigenvalue weighted by atomic mass is 9.85. The predicted octanol–water partition coefficient (Wildman–Crippen LogP) is 3.80. The van der Waals surface area contributed by atoms with Crippen LogP contribution in [0.5, 0.6) is 0 Å². The van der Waals surface area contributed by atoms with E-state index in [0.29, 0.717) is 12.0 Å². The van der Waals surface area contributed by atoms with E-state index in [1.165, 1.54) is 24.8 Å². The van der Waals surface area contributed by atoms with Crippen LogP contribution in [0.2, 0.25) is 0 Å². The highest BCUT2D eigenvalue weighted by Gasteiger charge is 2.19. The molecule has 1 atom stereocenters. The average molecular weight is 217 g/mol. The summed E-state index contributed by atoms with van der Waals surface area (Å²) >= 11 is 0. The number of nitrogens with one attached hydrogen (secondary N) is 1. The number of hydrogen-bond donors (Lipinski definition) is 1. The zero-order valence-corrected chi connectivity index (χ0v) is 10.7. The normalized spacial score (nSPS) is 19.9. The molecule has 0 saturated heterocycles. The quantitative estimate of drug-likeness (QED) is 0.812. The van der Waals surface area contributed by atoms with E-state index < -0.39 is 0 Å². The molecule has 2 rings (SSSR count). The van der Waals surface area contributed by atoms with Crippen molar-refractivity contribution in [1.82, 2.24) is 5.32 Å². The Bertz CT molecular complexity index is 354. The molecule has 1 aromatic rings. The Hall–Kier alpha value is -0.820. The highest BCUT2D eigenvalue weighted by molar-refractivity contribution is 5.37. The van der Waals surface area contributed by atoms with E-state index in [0.717, 1.165) is 6.54 Å². The van der Waals surface area contributed by atoms with Crippen molar-refractivity contribution in [3.8, 4) is 0 Å². The van der Waals surface area contributed by atoms with Gasteiger partial charge in [-0.15, -0.1) is 0 Å². The molecule has 1 heteroatoms. The molecule has 0 aliphatic heterocycles. The Kier molecular flexibility index (Phi) is 3.65. The third-order valence-corrected chi connectivity index (χ3v) is 3.60.